The molecule has 0 radical (unpaired) electrons. The number of hydrogen-bond donors (Lipinski definition) is 3. The molecule has 0 spiro atoms. The molecule has 0 saturated carbocycles. The Morgan fingerprint density at radius 3 is 2.32 bits per heavy atom. The zero-order valence-corrected chi connectivity index (χ0v) is 21.5. The fourth-order valence-corrected chi connectivity index (χ4v) is 4.87. The Morgan fingerprint density at radius 1 is 1.03 bits per heavy atom. The molecule has 0 saturated heterocycles. The van der Waals surface area contributed by atoms with Crippen molar-refractivity contribution in [1.82, 2.24) is 4.90 Å². The number of thiocarbonyl (C=S) groups is 1. The lowest BCUT2D eigenvalue weighted by atomic mass is 9.98. The molecule has 0 bridgehead atoms. The number of alkyl halides is 3. The highest BCUT2D eigenvalue weighted by molar-refractivity contribution is 7.80. The second-order valence-corrected chi connectivity index (χ2v) is 9.48. The number of carboxylic acid groups (broad SMARTS) is 1. The number of benzene rings is 3. The Bertz CT molecular complexity index is 1380. The third kappa shape index (κ3) is 5.65. The van der Waals surface area contributed by atoms with E-state index in [9.17, 15) is 27.9 Å². The van der Waals surface area contributed by atoms with E-state index in [1.165, 1.54) is 17.0 Å². The predicted molar refractivity (Wildman–Crippen MR) is 144 cm³/mol. The molecule has 1 aliphatic rings. The summed E-state index contributed by atoms with van der Waals surface area (Å²) in [5.41, 5.74) is 2.98. The van der Waals surface area contributed by atoms with Crippen LogP contribution in [0.4, 0.5) is 24.5 Å². The smallest absolute Gasteiger partial charge is 0.416 e. The van der Waals surface area contributed by atoms with Gasteiger partial charge in [-0.2, -0.15) is 13.2 Å². The number of amides is 1. The Kier molecular flexibility index (Phi) is 7.73. The van der Waals surface area contributed by atoms with Gasteiger partial charge in [0.25, 0.3) is 5.91 Å². The molecule has 4 rings (SSSR count). The first-order valence-electron chi connectivity index (χ1n) is 12.0. The molecule has 1 aliphatic heterocycles. The quantitative estimate of drug-likeness (QED) is 0.281. The first-order chi connectivity index (χ1) is 18.0. The second-order valence-electron chi connectivity index (χ2n) is 9.07. The summed E-state index contributed by atoms with van der Waals surface area (Å²) >= 11 is 5.24. The zero-order valence-electron chi connectivity index (χ0n) is 20.7. The zero-order chi connectivity index (χ0) is 27.6. The molecule has 10 heteroatoms. The fourth-order valence-electron chi connectivity index (χ4n) is 4.63. The van der Waals surface area contributed by atoms with Crippen LogP contribution in [-0.4, -0.2) is 33.0 Å². The monoisotopic (exact) mass is 541 g/mol. The van der Waals surface area contributed by atoms with Crippen molar-refractivity contribution in [3.8, 4) is 11.1 Å². The lowest BCUT2D eigenvalue weighted by Crippen LogP contribution is -2.42. The van der Waals surface area contributed by atoms with Crippen molar-refractivity contribution in [2.24, 2.45) is 0 Å². The summed E-state index contributed by atoms with van der Waals surface area (Å²) in [5, 5.41) is 15.5. The van der Waals surface area contributed by atoms with Crippen molar-refractivity contribution < 1.29 is 27.9 Å². The molecule has 38 heavy (non-hydrogen) atoms. The van der Waals surface area contributed by atoms with E-state index >= 15 is 0 Å². The van der Waals surface area contributed by atoms with E-state index < -0.39 is 23.8 Å². The number of anilines is 2. The summed E-state index contributed by atoms with van der Waals surface area (Å²) in [6, 6.07) is 16.3. The van der Waals surface area contributed by atoms with Gasteiger partial charge in [0, 0.05) is 16.9 Å². The van der Waals surface area contributed by atoms with Gasteiger partial charge in [-0.3, -0.25) is 4.79 Å². The maximum Gasteiger partial charge on any atom is 0.416 e. The van der Waals surface area contributed by atoms with Gasteiger partial charge in [-0.1, -0.05) is 43.7 Å². The molecule has 3 aromatic rings. The highest BCUT2D eigenvalue weighted by atomic mass is 32.1. The average Bonchev–Trinajstić information content (AvgIpc) is 3.11. The molecule has 3 N–H and O–H groups in total. The molecule has 0 aliphatic carbocycles. The molecule has 0 fully saturated rings. The van der Waals surface area contributed by atoms with E-state index in [0.29, 0.717) is 24.1 Å². The molecular weight excluding hydrogens is 515 g/mol. The van der Waals surface area contributed by atoms with Crippen LogP contribution < -0.4 is 10.6 Å². The minimum Gasteiger partial charge on any atom is -0.480 e. The van der Waals surface area contributed by atoms with Crippen molar-refractivity contribution in [3.05, 3.63) is 83.4 Å². The summed E-state index contributed by atoms with van der Waals surface area (Å²) in [4.78, 5) is 26.4. The molecule has 3 aromatic carbocycles. The van der Waals surface area contributed by atoms with Crippen LogP contribution in [0, 0.1) is 0 Å². The van der Waals surface area contributed by atoms with Gasteiger partial charge in [-0.15, -0.1) is 0 Å². The molecular formula is C28H26F3N3O3S. The number of halogens is 3. The molecule has 2 atom stereocenters. The standard InChI is InChI=1S/C28H26F3N3O3S/c1-3-5-24(26(36)37)34-16(2)22-13-10-18(14-23(22)25(34)35)17-8-11-20(12-9-17)32-27(38)33-21-7-4-6-19(15-21)28(29,30)31/h4,6-16,24H,3,5H2,1-2H3,(H,36,37)(H2,32,33,38)/t16-,24?/m0/s1. The van der Waals surface area contributed by atoms with E-state index in [0.717, 1.165) is 28.8 Å². The van der Waals surface area contributed by atoms with E-state index in [-0.39, 0.29) is 22.7 Å². The van der Waals surface area contributed by atoms with E-state index in [2.05, 4.69) is 10.6 Å². The summed E-state index contributed by atoms with van der Waals surface area (Å²) in [6.07, 6.45) is -3.42. The molecule has 1 heterocycles. The molecule has 1 amide bonds. The Hall–Kier alpha value is -3.92. The van der Waals surface area contributed by atoms with Crippen molar-refractivity contribution >= 4 is 40.6 Å². The van der Waals surface area contributed by atoms with E-state index in [1.54, 1.807) is 18.2 Å². The van der Waals surface area contributed by atoms with Crippen LogP contribution in [-0.2, 0) is 11.0 Å². The largest absolute Gasteiger partial charge is 0.480 e. The number of aliphatic carboxylic acids is 1. The lowest BCUT2D eigenvalue weighted by Gasteiger charge is -2.28. The Balaban J connectivity index is 1.47. The molecule has 0 aromatic heterocycles. The summed E-state index contributed by atoms with van der Waals surface area (Å²) in [7, 11) is 0. The Labute approximate surface area is 223 Å². The summed E-state index contributed by atoms with van der Waals surface area (Å²) in [5.74, 6) is -1.30. The van der Waals surface area contributed by atoms with Crippen molar-refractivity contribution in [3.63, 3.8) is 0 Å². The number of hydrogen-bond acceptors (Lipinski definition) is 3. The van der Waals surface area contributed by atoms with Gasteiger partial charge in [-0.05, 0) is 78.7 Å². The minimum absolute atomic E-state index is 0.134. The maximum atomic E-state index is 13.2. The number of carbonyl (C=O) groups is 2. The number of fused-ring (bicyclic) bond motifs is 1. The number of rotatable bonds is 7. The van der Waals surface area contributed by atoms with Crippen molar-refractivity contribution in [2.45, 2.75) is 44.9 Å². The number of nitrogens with zero attached hydrogens (tertiary/aromatic N) is 1. The van der Waals surface area contributed by atoms with Crippen molar-refractivity contribution in [1.29, 1.82) is 0 Å². The average molecular weight is 542 g/mol. The Morgan fingerprint density at radius 2 is 1.68 bits per heavy atom. The van der Waals surface area contributed by atoms with Crippen LogP contribution >= 0.6 is 12.2 Å². The van der Waals surface area contributed by atoms with Crippen LogP contribution in [0.2, 0.25) is 0 Å². The highest BCUT2D eigenvalue weighted by Gasteiger charge is 2.41. The highest BCUT2D eigenvalue weighted by Crippen LogP contribution is 2.38. The van der Waals surface area contributed by atoms with Gasteiger partial charge in [0.15, 0.2) is 5.11 Å². The third-order valence-electron chi connectivity index (χ3n) is 6.49. The lowest BCUT2D eigenvalue weighted by molar-refractivity contribution is -0.143. The maximum absolute atomic E-state index is 13.2. The summed E-state index contributed by atoms with van der Waals surface area (Å²) < 4.78 is 38.8. The van der Waals surface area contributed by atoms with Crippen LogP contribution in [0.25, 0.3) is 11.1 Å². The normalized spacial score (nSPS) is 15.7. The number of nitrogens with one attached hydrogen (secondary N) is 2. The van der Waals surface area contributed by atoms with Gasteiger partial charge >= 0.3 is 12.1 Å². The SMILES string of the molecule is CCCC(C(=O)O)N1C(=O)c2cc(-c3ccc(NC(=S)Nc4cccc(C(F)(F)F)c4)cc3)ccc2[C@@H]1C. The topological polar surface area (TPSA) is 81.7 Å². The molecule has 1 unspecified atom stereocenters. The number of carbonyl (C=O) groups excluding carboxylic acids is 1. The van der Waals surface area contributed by atoms with Gasteiger partial charge < -0.3 is 20.6 Å². The van der Waals surface area contributed by atoms with Gasteiger partial charge in [0.2, 0.25) is 0 Å². The van der Waals surface area contributed by atoms with Gasteiger partial charge in [0.1, 0.15) is 6.04 Å². The predicted octanol–water partition coefficient (Wildman–Crippen LogP) is 6.95. The number of carboxylic acids is 1. The molecule has 198 valence electrons. The first kappa shape index (κ1) is 27.1. The van der Waals surface area contributed by atoms with Crippen molar-refractivity contribution in [2.75, 3.05) is 10.6 Å². The first-order valence-corrected chi connectivity index (χ1v) is 12.5. The van der Waals surface area contributed by atoms with Crippen LogP contribution in [0.15, 0.2) is 66.7 Å². The second kappa shape index (κ2) is 10.8. The van der Waals surface area contributed by atoms with Crippen LogP contribution in [0.1, 0.15) is 54.2 Å². The van der Waals surface area contributed by atoms with Gasteiger partial charge in [0.05, 0.1) is 11.6 Å². The van der Waals surface area contributed by atoms with E-state index in [1.807, 2.05) is 38.1 Å². The van der Waals surface area contributed by atoms with Gasteiger partial charge in [-0.25, -0.2) is 4.79 Å². The summed E-state index contributed by atoms with van der Waals surface area (Å²) in [6.45, 7) is 3.73. The molecule has 6 nitrogen and oxygen atoms in total. The third-order valence-corrected chi connectivity index (χ3v) is 6.70. The van der Waals surface area contributed by atoms with Crippen LogP contribution in [0.3, 0.4) is 0 Å². The minimum atomic E-state index is -4.45. The van der Waals surface area contributed by atoms with Crippen LogP contribution in [0.5, 0.6) is 0 Å². The van der Waals surface area contributed by atoms with E-state index in [4.69, 9.17) is 12.2 Å². The fraction of sp³-hybridized carbons (Fsp3) is 0.250.